The molecule has 0 spiro atoms. The van der Waals surface area contributed by atoms with Crippen LogP contribution in [-0.2, 0) is 18.4 Å². The van der Waals surface area contributed by atoms with Crippen LogP contribution in [0.15, 0.2) is 18.6 Å². The summed E-state index contributed by atoms with van der Waals surface area (Å²) in [7, 11) is 1.81. The zero-order chi connectivity index (χ0) is 18.3. The number of aryl methyl sites for hydroxylation is 1. The molecule has 8 nitrogen and oxygen atoms in total. The van der Waals surface area contributed by atoms with Crippen molar-refractivity contribution in [2.45, 2.75) is 32.0 Å². The van der Waals surface area contributed by atoms with Gasteiger partial charge in [-0.1, -0.05) is 5.21 Å². The van der Waals surface area contributed by atoms with Crippen molar-refractivity contribution in [2.24, 2.45) is 18.4 Å². The molecule has 136 valence electrons. The largest absolute Gasteiger partial charge is 0.340 e. The van der Waals surface area contributed by atoms with Gasteiger partial charge in [0.15, 0.2) is 0 Å². The second kappa shape index (κ2) is 6.20. The molecular weight excluding hydrogens is 337 g/mol. The average Bonchev–Trinajstić information content (AvgIpc) is 3.14. The van der Waals surface area contributed by atoms with E-state index in [4.69, 9.17) is 0 Å². The number of hydrogen-bond acceptors (Lipinski definition) is 5. The van der Waals surface area contributed by atoms with Crippen molar-refractivity contribution in [3.05, 3.63) is 18.6 Å². The monoisotopic (exact) mass is 357 g/mol. The van der Waals surface area contributed by atoms with Crippen molar-refractivity contribution in [2.75, 3.05) is 13.1 Å². The topological polar surface area (TPSA) is 92.6 Å². The van der Waals surface area contributed by atoms with E-state index in [9.17, 15) is 14.4 Å². The van der Waals surface area contributed by atoms with Gasteiger partial charge in [0.05, 0.1) is 25.0 Å². The minimum atomic E-state index is -1.11. The molecular formula is C17H20FN7O. The molecule has 0 bridgehead atoms. The van der Waals surface area contributed by atoms with Gasteiger partial charge >= 0.3 is 0 Å². The first-order valence-electron chi connectivity index (χ1n) is 8.74. The third-order valence-electron chi connectivity index (χ3n) is 5.44. The molecule has 2 fully saturated rings. The Morgan fingerprint density at radius 1 is 1.46 bits per heavy atom. The van der Waals surface area contributed by atoms with Crippen molar-refractivity contribution >= 4 is 5.91 Å². The van der Waals surface area contributed by atoms with E-state index in [0.717, 1.165) is 12.0 Å². The number of nitrogens with zero attached hydrogens (tertiary/aromatic N) is 7. The van der Waals surface area contributed by atoms with Gasteiger partial charge in [0, 0.05) is 37.8 Å². The molecule has 4 rings (SSSR count). The normalized spacial score (nSPS) is 20.1. The molecule has 0 aromatic carbocycles. The van der Waals surface area contributed by atoms with E-state index >= 15 is 0 Å². The first kappa shape index (κ1) is 16.7. The summed E-state index contributed by atoms with van der Waals surface area (Å²) in [5, 5.41) is 21.4. The molecule has 0 radical (unpaired) electrons. The third-order valence-corrected chi connectivity index (χ3v) is 5.44. The van der Waals surface area contributed by atoms with Crippen LogP contribution in [0.4, 0.5) is 4.39 Å². The SMILES string of the molecule is Cn1cc(-c2cn(CC(F)C3CN(C(=O)C4(C#N)CCC4)C3)nn2)cn1. The molecule has 1 saturated carbocycles. The van der Waals surface area contributed by atoms with Gasteiger partial charge in [-0.25, -0.2) is 9.07 Å². The van der Waals surface area contributed by atoms with Gasteiger partial charge in [0.2, 0.25) is 5.91 Å². The maximum Gasteiger partial charge on any atom is 0.243 e. The number of alkyl halides is 1. The molecule has 1 unspecified atom stereocenters. The van der Waals surface area contributed by atoms with Gasteiger partial charge in [-0.05, 0) is 19.3 Å². The number of carbonyl (C=O) groups is 1. The van der Waals surface area contributed by atoms with Gasteiger partial charge in [0.1, 0.15) is 17.3 Å². The van der Waals surface area contributed by atoms with Crippen LogP contribution in [0.2, 0.25) is 0 Å². The number of hydrogen-bond donors (Lipinski definition) is 0. The van der Waals surface area contributed by atoms with E-state index in [0.29, 0.717) is 31.6 Å². The Hall–Kier alpha value is -2.76. The van der Waals surface area contributed by atoms with Crippen molar-refractivity contribution in [3.8, 4) is 17.3 Å². The second-order valence-corrected chi connectivity index (χ2v) is 7.26. The molecule has 9 heteroatoms. The Kier molecular flexibility index (Phi) is 3.98. The number of likely N-dealkylation sites (tertiary alicyclic amines) is 1. The highest BCUT2D eigenvalue weighted by Gasteiger charge is 2.50. The molecule has 26 heavy (non-hydrogen) atoms. The van der Waals surface area contributed by atoms with Gasteiger partial charge < -0.3 is 4.90 Å². The lowest BCUT2D eigenvalue weighted by Crippen LogP contribution is -2.59. The van der Waals surface area contributed by atoms with Gasteiger partial charge in [-0.2, -0.15) is 10.4 Å². The van der Waals surface area contributed by atoms with Gasteiger partial charge in [-0.15, -0.1) is 5.10 Å². The molecule has 2 aliphatic rings. The fourth-order valence-corrected chi connectivity index (χ4v) is 3.51. The number of rotatable bonds is 5. The Labute approximate surface area is 150 Å². The number of aromatic nitrogens is 5. The van der Waals surface area contributed by atoms with Crippen molar-refractivity contribution < 1.29 is 9.18 Å². The summed E-state index contributed by atoms with van der Waals surface area (Å²) >= 11 is 0. The molecule has 1 amide bonds. The minimum Gasteiger partial charge on any atom is -0.340 e. The first-order chi connectivity index (χ1) is 12.5. The molecule has 1 atom stereocenters. The summed E-state index contributed by atoms with van der Waals surface area (Å²) < 4.78 is 17.7. The van der Waals surface area contributed by atoms with Crippen molar-refractivity contribution in [3.63, 3.8) is 0 Å². The van der Waals surface area contributed by atoms with Crippen LogP contribution >= 0.6 is 0 Å². The van der Waals surface area contributed by atoms with E-state index in [-0.39, 0.29) is 18.4 Å². The van der Waals surface area contributed by atoms with E-state index in [1.807, 2.05) is 13.2 Å². The first-order valence-corrected chi connectivity index (χ1v) is 8.74. The lowest BCUT2D eigenvalue weighted by molar-refractivity contribution is -0.151. The predicted molar refractivity (Wildman–Crippen MR) is 89.1 cm³/mol. The zero-order valence-corrected chi connectivity index (χ0v) is 14.5. The fraction of sp³-hybridized carbons (Fsp3) is 0.588. The molecule has 1 saturated heterocycles. The lowest BCUT2D eigenvalue weighted by Gasteiger charge is -2.46. The average molecular weight is 357 g/mol. The van der Waals surface area contributed by atoms with E-state index in [2.05, 4.69) is 21.5 Å². The number of nitriles is 1. The number of carbonyl (C=O) groups excluding carboxylic acids is 1. The van der Waals surface area contributed by atoms with Crippen molar-refractivity contribution in [1.29, 1.82) is 5.26 Å². The summed E-state index contributed by atoms with van der Waals surface area (Å²) in [6.07, 6.45) is 6.25. The van der Waals surface area contributed by atoms with Crippen LogP contribution in [0.5, 0.6) is 0 Å². The maximum absolute atomic E-state index is 14.6. The summed E-state index contributed by atoms with van der Waals surface area (Å²) in [6, 6.07) is 2.15. The third kappa shape index (κ3) is 2.75. The Bertz CT molecular complexity index is 857. The molecule has 0 N–H and O–H groups in total. The predicted octanol–water partition coefficient (Wildman–Crippen LogP) is 1.17. The van der Waals surface area contributed by atoms with Crippen LogP contribution in [0.1, 0.15) is 19.3 Å². The maximum atomic E-state index is 14.6. The molecule has 1 aliphatic heterocycles. The van der Waals surface area contributed by atoms with Gasteiger partial charge in [0.25, 0.3) is 0 Å². The summed E-state index contributed by atoms with van der Waals surface area (Å²) in [5.41, 5.74) is 0.634. The summed E-state index contributed by atoms with van der Waals surface area (Å²) in [5.74, 6) is -0.352. The lowest BCUT2D eigenvalue weighted by atomic mass is 9.68. The minimum absolute atomic E-state index is 0.101. The Balaban J connectivity index is 1.31. The van der Waals surface area contributed by atoms with Crippen LogP contribution in [0.3, 0.4) is 0 Å². The standard InChI is InChI=1S/C17H20FN7O/c1-23-6-12(5-20-23)15-10-25(22-21-15)9-14(18)13-7-24(8-13)16(26)17(11-19)3-2-4-17/h5-6,10,13-14H,2-4,7-9H2,1H3. The Morgan fingerprint density at radius 3 is 2.81 bits per heavy atom. The smallest absolute Gasteiger partial charge is 0.243 e. The highest BCUT2D eigenvalue weighted by molar-refractivity contribution is 5.87. The van der Waals surface area contributed by atoms with E-state index < -0.39 is 11.6 Å². The quantitative estimate of drug-likeness (QED) is 0.801. The molecule has 1 aliphatic carbocycles. The molecule has 2 aromatic heterocycles. The van der Waals surface area contributed by atoms with E-state index in [1.165, 1.54) is 4.68 Å². The van der Waals surface area contributed by atoms with Crippen molar-refractivity contribution in [1.82, 2.24) is 29.7 Å². The van der Waals surface area contributed by atoms with E-state index in [1.54, 1.807) is 22.0 Å². The second-order valence-electron chi connectivity index (χ2n) is 7.26. The summed E-state index contributed by atoms with van der Waals surface area (Å²) in [6.45, 7) is 0.838. The number of halogens is 1. The molecule has 3 heterocycles. The van der Waals surface area contributed by atoms with Crippen LogP contribution in [-0.4, -0.2) is 54.8 Å². The highest BCUT2D eigenvalue weighted by atomic mass is 19.1. The van der Waals surface area contributed by atoms with Crippen LogP contribution < -0.4 is 0 Å². The van der Waals surface area contributed by atoms with Crippen LogP contribution in [0, 0.1) is 22.7 Å². The van der Waals surface area contributed by atoms with Crippen LogP contribution in [0.25, 0.3) is 11.3 Å². The molecule has 2 aromatic rings. The Morgan fingerprint density at radius 2 is 2.23 bits per heavy atom. The number of amides is 1. The van der Waals surface area contributed by atoms with Gasteiger partial charge in [-0.3, -0.25) is 9.48 Å². The fourth-order valence-electron chi connectivity index (χ4n) is 3.51. The highest BCUT2D eigenvalue weighted by Crippen LogP contribution is 2.43. The zero-order valence-electron chi connectivity index (χ0n) is 14.5. The summed E-state index contributed by atoms with van der Waals surface area (Å²) in [4.78, 5) is 14.0.